The number of amides is 2. The lowest BCUT2D eigenvalue weighted by molar-refractivity contribution is -0.386. The van der Waals surface area contributed by atoms with E-state index in [4.69, 9.17) is 0 Å². The lowest BCUT2D eigenvalue weighted by Crippen LogP contribution is -2.43. The Balaban J connectivity index is 1.79. The summed E-state index contributed by atoms with van der Waals surface area (Å²) in [4.78, 5) is 47.3. The van der Waals surface area contributed by atoms with Gasteiger partial charge < -0.3 is 10.6 Å². The van der Waals surface area contributed by atoms with Crippen LogP contribution >= 0.6 is 0 Å². The summed E-state index contributed by atoms with van der Waals surface area (Å²) in [6, 6.07) is 2.64. The molecular weight excluding hydrogens is 366 g/mol. The number of nitriles is 1. The van der Waals surface area contributed by atoms with Crippen LogP contribution in [-0.2, 0) is 9.59 Å². The van der Waals surface area contributed by atoms with Crippen molar-refractivity contribution in [1.29, 1.82) is 5.26 Å². The maximum Gasteiger partial charge on any atom is 0.334 e. The normalized spacial score (nSPS) is 20.7. The molecule has 1 saturated carbocycles. The quantitative estimate of drug-likeness (QED) is 0.494. The number of rotatable bonds is 8. The smallest absolute Gasteiger partial charge is 0.334 e. The summed E-state index contributed by atoms with van der Waals surface area (Å²) in [5.41, 5.74) is -1.45. The standard InChI is InChI=1S/C18H21N5O5/c19-10-13(9-12-5-6-20-16(12)24)21-17(25)15(8-11-3-4-11)22-7-1-2-14(18(22)26)23(27)28/h1-2,7,11-13,15H,3-6,8-9H2,(H,20,24)(H,21,25)/t12-,13-,15-/m0/s1. The van der Waals surface area contributed by atoms with Crippen molar-refractivity contribution in [2.45, 2.75) is 44.2 Å². The van der Waals surface area contributed by atoms with E-state index >= 15 is 0 Å². The van der Waals surface area contributed by atoms with Crippen molar-refractivity contribution >= 4 is 17.5 Å². The maximum absolute atomic E-state index is 12.9. The Kier molecular flexibility index (Phi) is 5.73. The zero-order valence-electron chi connectivity index (χ0n) is 15.2. The Morgan fingerprint density at radius 2 is 2.14 bits per heavy atom. The number of pyridine rings is 1. The molecule has 1 aromatic rings. The van der Waals surface area contributed by atoms with Gasteiger partial charge in [-0.25, -0.2) is 0 Å². The molecule has 28 heavy (non-hydrogen) atoms. The second kappa shape index (κ2) is 8.21. The first-order chi connectivity index (χ1) is 13.4. The van der Waals surface area contributed by atoms with Crippen LogP contribution in [0.2, 0.25) is 0 Å². The molecule has 0 aromatic carbocycles. The lowest BCUT2D eigenvalue weighted by atomic mass is 9.98. The molecule has 2 aliphatic rings. The van der Waals surface area contributed by atoms with Gasteiger partial charge in [0.15, 0.2) is 0 Å². The number of aromatic nitrogens is 1. The van der Waals surface area contributed by atoms with Crippen LogP contribution in [0.25, 0.3) is 0 Å². The van der Waals surface area contributed by atoms with Crippen LogP contribution in [0.4, 0.5) is 5.69 Å². The maximum atomic E-state index is 12.9. The fraction of sp³-hybridized carbons (Fsp3) is 0.556. The number of nitro groups is 1. The minimum Gasteiger partial charge on any atom is -0.356 e. The number of hydrogen-bond acceptors (Lipinski definition) is 6. The van der Waals surface area contributed by atoms with Crippen LogP contribution in [0.5, 0.6) is 0 Å². The van der Waals surface area contributed by atoms with Gasteiger partial charge in [0, 0.05) is 24.7 Å². The Morgan fingerprint density at radius 3 is 2.71 bits per heavy atom. The van der Waals surface area contributed by atoms with E-state index in [-0.39, 0.29) is 24.2 Å². The Bertz CT molecular complexity index is 885. The van der Waals surface area contributed by atoms with Gasteiger partial charge in [0.05, 0.1) is 11.0 Å². The summed E-state index contributed by atoms with van der Waals surface area (Å²) in [7, 11) is 0. The first-order valence-corrected chi connectivity index (χ1v) is 9.24. The summed E-state index contributed by atoms with van der Waals surface area (Å²) in [6.07, 6.45) is 4.37. The molecule has 1 aliphatic heterocycles. The summed E-state index contributed by atoms with van der Waals surface area (Å²) < 4.78 is 1.07. The van der Waals surface area contributed by atoms with Gasteiger partial charge in [0.2, 0.25) is 11.8 Å². The molecule has 0 unspecified atom stereocenters. The second-order valence-corrected chi connectivity index (χ2v) is 7.26. The van der Waals surface area contributed by atoms with Crippen LogP contribution in [0.15, 0.2) is 23.1 Å². The van der Waals surface area contributed by atoms with E-state index in [1.165, 1.54) is 12.3 Å². The summed E-state index contributed by atoms with van der Waals surface area (Å²) in [5, 5.41) is 25.7. The molecule has 0 bridgehead atoms. The van der Waals surface area contributed by atoms with Crippen LogP contribution in [0.1, 0.15) is 38.1 Å². The van der Waals surface area contributed by atoms with Gasteiger partial charge in [-0.2, -0.15) is 5.26 Å². The Labute approximate surface area is 160 Å². The predicted octanol–water partition coefficient (Wildman–Crippen LogP) is 0.632. The largest absolute Gasteiger partial charge is 0.356 e. The van der Waals surface area contributed by atoms with E-state index < -0.39 is 34.2 Å². The molecule has 3 atom stereocenters. The Hall–Kier alpha value is -3.22. The van der Waals surface area contributed by atoms with E-state index in [1.807, 2.05) is 6.07 Å². The molecular formula is C18H21N5O5. The van der Waals surface area contributed by atoms with Crippen molar-refractivity contribution in [2.24, 2.45) is 11.8 Å². The number of hydrogen-bond donors (Lipinski definition) is 2. The number of carbonyl (C=O) groups excluding carboxylic acids is 2. The van der Waals surface area contributed by atoms with Crippen molar-refractivity contribution < 1.29 is 14.5 Å². The molecule has 3 rings (SSSR count). The fourth-order valence-electron chi connectivity index (χ4n) is 3.47. The third-order valence-electron chi connectivity index (χ3n) is 5.20. The highest BCUT2D eigenvalue weighted by atomic mass is 16.6. The molecule has 1 aliphatic carbocycles. The highest BCUT2D eigenvalue weighted by molar-refractivity contribution is 5.82. The van der Waals surface area contributed by atoms with Gasteiger partial charge in [-0.05, 0) is 31.2 Å². The zero-order valence-corrected chi connectivity index (χ0v) is 15.2. The molecule has 148 valence electrons. The van der Waals surface area contributed by atoms with Crippen molar-refractivity contribution in [3.63, 3.8) is 0 Å². The molecule has 2 heterocycles. The van der Waals surface area contributed by atoms with Crippen molar-refractivity contribution in [1.82, 2.24) is 15.2 Å². The van der Waals surface area contributed by atoms with Crippen molar-refractivity contribution in [2.75, 3.05) is 6.54 Å². The molecule has 10 nitrogen and oxygen atoms in total. The number of nitrogens with zero attached hydrogens (tertiary/aromatic N) is 3. The van der Waals surface area contributed by atoms with Gasteiger partial charge >= 0.3 is 11.2 Å². The summed E-state index contributed by atoms with van der Waals surface area (Å²) in [5.74, 6) is -0.756. The van der Waals surface area contributed by atoms with Crippen LogP contribution < -0.4 is 16.2 Å². The van der Waals surface area contributed by atoms with E-state index in [9.17, 15) is 29.8 Å². The number of nitrogens with one attached hydrogen (secondary N) is 2. The van der Waals surface area contributed by atoms with Gasteiger partial charge in [-0.1, -0.05) is 12.8 Å². The lowest BCUT2D eigenvalue weighted by Gasteiger charge is -2.22. The summed E-state index contributed by atoms with van der Waals surface area (Å²) >= 11 is 0. The van der Waals surface area contributed by atoms with Crippen molar-refractivity contribution in [3.05, 3.63) is 38.8 Å². The van der Waals surface area contributed by atoms with Crippen LogP contribution in [0.3, 0.4) is 0 Å². The van der Waals surface area contributed by atoms with Crippen LogP contribution in [0, 0.1) is 33.3 Å². The first kappa shape index (κ1) is 19.5. The highest BCUT2D eigenvalue weighted by Gasteiger charge is 2.34. The molecule has 2 fully saturated rings. The SMILES string of the molecule is N#C[C@H](C[C@@H]1CCNC1=O)NC(=O)[C@H](CC1CC1)n1cccc([N+](=O)[O-])c1=O. The average molecular weight is 387 g/mol. The van der Waals surface area contributed by atoms with Crippen molar-refractivity contribution in [3.8, 4) is 6.07 Å². The average Bonchev–Trinajstić information content (AvgIpc) is 3.40. The van der Waals surface area contributed by atoms with Gasteiger partial charge in [-0.3, -0.25) is 29.1 Å². The van der Waals surface area contributed by atoms with E-state index in [0.29, 0.717) is 19.4 Å². The fourth-order valence-corrected chi connectivity index (χ4v) is 3.47. The molecule has 2 amide bonds. The molecule has 1 aromatic heterocycles. The first-order valence-electron chi connectivity index (χ1n) is 9.24. The molecule has 1 saturated heterocycles. The molecule has 2 N–H and O–H groups in total. The Morgan fingerprint density at radius 1 is 1.39 bits per heavy atom. The van der Waals surface area contributed by atoms with Crippen LogP contribution in [-0.4, -0.2) is 33.9 Å². The van der Waals surface area contributed by atoms with Gasteiger partial charge in [0.1, 0.15) is 12.1 Å². The third-order valence-corrected chi connectivity index (χ3v) is 5.20. The highest BCUT2D eigenvalue weighted by Crippen LogP contribution is 2.36. The minimum absolute atomic E-state index is 0.140. The molecule has 0 spiro atoms. The zero-order chi connectivity index (χ0) is 20.3. The molecule has 10 heteroatoms. The van der Waals surface area contributed by atoms with Gasteiger partial charge in [-0.15, -0.1) is 0 Å². The summed E-state index contributed by atoms with van der Waals surface area (Å²) in [6.45, 7) is 0.545. The monoisotopic (exact) mass is 387 g/mol. The predicted molar refractivity (Wildman–Crippen MR) is 97.0 cm³/mol. The minimum atomic E-state index is -0.937. The third kappa shape index (κ3) is 4.36. The van der Waals surface area contributed by atoms with E-state index in [2.05, 4.69) is 10.6 Å². The van der Waals surface area contributed by atoms with E-state index in [0.717, 1.165) is 23.5 Å². The molecule has 0 radical (unpaired) electrons. The topological polar surface area (TPSA) is 147 Å². The van der Waals surface area contributed by atoms with Gasteiger partial charge in [0.25, 0.3) is 0 Å². The number of carbonyl (C=O) groups is 2. The second-order valence-electron chi connectivity index (χ2n) is 7.26. The van der Waals surface area contributed by atoms with E-state index in [1.54, 1.807) is 0 Å².